The van der Waals surface area contributed by atoms with E-state index in [4.69, 9.17) is 0 Å². The molecule has 4 heteroatoms. The van der Waals surface area contributed by atoms with Crippen molar-refractivity contribution in [1.82, 2.24) is 0 Å². The van der Waals surface area contributed by atoms with Crippen LogP contribution in [0.25, 0.3) is 11.1 Å². The van der Waals surface area contributed by atoms with Gasteiger partial charge in [0.1, 0.15) is 0 Å². The van der Waals surface area contributed by atoms with Crippen molar-refractivity contribution in [3.8, 4) is 11.1 Å². The van der Waals surface area contributed by atoms with Crippen molar-refractivity contribution in [2.75, 3.05) is 0 Å². The molecule has 0 fully saturated rings. The summed E-state index contributed by atoms with van der Waals surface area (Å²) in [5, 5.41) is 0. The van der Waals surface area contributed by atoms with Crippen LogP contribution in [0.1, 0.15) is 25.0 Å². The molecule has 4 aromatic carbocycles. The van der Waals surface area contributed by atoms with Gasteiger partial charge in [0.25, 0.3) is 0 Å². The second-order valence-electron chi connectivity index (χ2n) is 8.34. The van der Waals surface area contributed by atoms with Gasteiger partial charge in [-0.3, -0.25) is 0 Å². The van der Waals surface area contributed by atoms with Crippen molar-refractivity contribution in [2.24, 2.45) is 0 Å². The molecule has 0 radical (unpaired) electrons. The predicted molar refractivity (Wildman–Crippen MR) is 134 cm³/mol. The molecule has 0 saturated carbocycles. The van der Waals surface area contributed by atoms with Gasteiger partial charge >= 0.3 is 0 Å². The third-order valence-electron chi connectivity index (χ3n) is 5.75. The van der Waals surface area contributed by atoms with Crippen molar-refractivity contribution in [2.45, 2.75) is 40.2 Å². The van der Waals surface area contributed by atoms with Crippen LogP contribution in [-0.4, -0.2) is 8.42 Å². The summed E-state index contributed by atoms with van der Waals surface area (Å²) in [5.74, 6) is 0. The van der Waals surface area contributed by atoms with Crippen LogP contribution < -0.4 is 0 Å². The summed E-state index contributed by atoms with van der Waals surface area (Å²) in [4.78, 5) is 2.57. The lowest BCUT2D eigenvalue weighted by atomic mass is 10.0. The van der Waals surface area contributed by atoms with Crippen LogP contribution in [0, 0.1) is 6.92 Å². The fourth-order valence-electron chi connectivity index (χ4n) is 3.57. The first-order valence-corrected chi connectivity index (χ1v) is 12.8. The van der Waals surface area contributed by atoms with Crippen LogP contribution in [0.5, 0.6) is 0 Å². The molecule has 2 nitrogen and oxygen atoms in total. The standard InChI is InChI=1S/C28H26O2S2/c1-21-9-19-27(20-10-21)32(29,30)28(2,3)24-13-17-26(18-14-24)31-25-15-11-23(12-16-25)22-7-5-4-6-8-22/h4-20H,1-3H3. The maximum absolute atomic E-state index is 13.3. The Morgan fingerprint density at radius 2 is 1.12 bits per heavy atom. The molecule has 0 aromatic heterocycles. The Balaban J connectivity index is 1.52. The number of sulfone groups is 1. The highest BCUT2D eigenvalue weighted by molar-refractivity contribution is 7.99. The van der Waals surface area contributed by atoms with E-state index in [-0.39, 0.29) is 0 Å². The van der Waals surface area contributed by atoms with Gasteiger partial charge in [0, 0.05) is 9.79 Å². The van der Waals surface area contributed by atoms with Crippen molar-refractivity contribution in [3.63, 3.8) is 0 Å². The molecule has 0 spiro atoms. The van der Waals surface area contributed by atoms with E-state index < -0.39 is 14.6 Å². The molecule has 162 valence electrons. The summed E-state index contributed by atoms with van der Waals surface area (Å²) in [7, 11) is -3.52. The molecule has 0 heterocycles. The Morgan fingerprint density at radius 3 is 1.69 bits per heavy atom. The van der Waals surface area contributed by atoms with Gasteiger partial charge in [0.2, 0.25) is 0 Å². The minimum atomic E-state index is -3.52. The molecule has 0 amide bonds. The van der Waals surface area contributed by atoms with Crippen molar-refractivity contribution in [1.29, 1.82) is 0 Å². The molecule has 4 rings (SSSR count). The van der Waals surface area contributed by atoms with Gasteiger partial charge in [-0.2, -0.15) is 0 Å². The quantitative estimate of drug-likeness (QED) is 0.300. The minimum Gasteiger partial charge on any atom is -0.223 e. The average Bonchev–Trinajstić information content (AvgIpc) is 2.81. The van der Waals surface area contributed by atoms with E-state index >= 15 is 0 Å². The highest BCUT2D eigenvalue weighted by atomic mass is 32.2. The van der Waals surface area contributed by atoms with Gasteiger partial charge < -0.3 is 0 Å². The fraction of sp³-hybridized carbons (Fsp3) is 0.143. The monoisotopic (exact) mass is 458 g/mol. The molecule has 0 N–H and O–H groups in total. The first kappa shape index (κ1) is 22.4. The topological polar surface area (TPSA) is 34.1 Å². The SMILES string of the molecule is Cc1ccc(S(=O)(=O)C(C)(C)c2ccc(Sc3ccc(-c4ccccc4)cc3)cc2)cc1. The number of aryl methyl sites for hydroxylation is 1. The van der Waals surface area contributed by atoms with Crippen LogP contribution in [0.2, 0.25) is 0 Å². The predicted octanol–water partition coefficient (Wildman–Crippen LogP) is 7.52. The molecule has 0 aliphatic heterocycles. The van der Waals surface area contributed by atoms with Crippen molar-refractivity contribution >= 4 is 21.6 Å². The Morgan fingerprint density at radius 1 is 0.625 bits per heavy atom. The van der Waals surface area contributed by atoms with E-state index in [9.17, 15) is 8.42 Å². The Bertz CT molecular complexity index is 1290. The number of benzene rings is 4. The van der Waals surface area contributed by atoms with E-state index in [1.807, 2.05) is 61.5 Å². The summed E-state index contributed by atoms with van der Waals surface area (Å²) < 4.78 is 25.5. The highest BCUT2D eigenvalue weighted by Crippen LogP contribution is 2.37. The van der Waals surface area contributed by atoms with Gasteiger partial charge in [-0.1, -0.05) is 84.1 Å². The minimum absolute atomic E-state index is 0.352. The Kier molecular flexibility index (Phi) is 6.27. The second-order valence-corrected chi connectivity index (χ2v) is 12.0. The molecule has 0 atom stereocenters. The summed E-state index contributed by atoms with van der Waals surface area (Å²) >= 11 is 1.67. The maximum Gasteiger partial charge on any atom is 0.187 e. The normalized spacial score (nSPS) is 12.0. The lowest BCUT2D eigenvalue weighted by molar-refractivity contribution is 0.555. The molecule has 4 aromatic rings. The molecule has 32 heavy (non-hydrogen) atoms. The number of hydrogen-bond donors (Lipinski definition) is 0. The molecular weight excluding hydrogens is 432 g/mol. The van der Waals surface area contributed by atoms with E-state index in [1.165, 1.54) is 11.1 Å². The molecule has 0 aliphatic rings. The van der Waals surface area contributed by atoms with Crippen LogP contribution >= 0.6 is 11.8 Å². The fourth-order valence-corrected chi connectivity index (χ4v) is 5.92. The number of hydrogen-bond acceptors (Lipinski definition) is 3. The van der Waals surface area contributed by atoms with Crippen LogP contribution in [0.4, 0.5) is 0 Å². The molecule has 0 unspecified atom stereocenters. The highest BCUT2D eigenvalue weighted by Gasteiger charge is 2.37. The van der Waals surface area contributed by atoms with E-state index in [0.717, 1.165) is 20.9 Å². The third-order valence-corrected chi connectivity index (χ3v) is 9.24. The van der Waals surface area contributed by atoms with Gasteiger partial charge in [-0.05, 0) is 73.9 Å². The van der Waals surface area contributed by atoms with Crippen LogP contribution in [0.15, 0.2) is 118 Å². The summed E-state index contributed by atoms with van der Waals surface area (Å²) in [6.07, 6.45) is 0. The average molecular weight is 459 g/mol. The Hall–Kier alpha value is -2.82. The smallest absolute Gasteiger partial charge is 0.187 e. The molecule has 0 saturated heterocycles. The van der Waals surface area contributed by atoms with E-state index in [0.29, 0.717) is 4.90 Å². The first-order valence-electron chi connectivity index (χ1n) is 10.5. The number of rotatable bonds is 6. The zero-order valence-corrected chi connectivity index (χ0v) is 20.1. The zero-order chi connectivity index (χ0) is 22.8. The molecular formula is C28H26O2S2. The maximum atomic E-state index is 13.3. The van der Waals surface area contributed by atoms with Crippen LogP contribution in [0.3, 0.4) is 0 Å². The lowest BCUT2D eigenvalue weighted by Gasteiger charge is -2.26. The van der Waals surface area contributed by atoms with Gasteiger partial charge in [0.15, 0.2) is 9.84 Å². The summed E-state index contributed by atoms with van der Waals surface area (Å²) in [6.45, 7) is 5.49. The second kappa shape index (κ2) is 8.97. The summed E-state index contributed by atoms with van der Waals surface area (Å²) in [6, 6.07) is 33.7. The van der Waals surface area contributed by atoms with Gasteiger partial charge in [-0.15, -0.1) is 0 Å². The third kappa shape index (κ3) is 4.52. The van der Waals surface area contributed by atoms with E-state index in [1.54, 1.807) is 37.7 Å². The van der Waals surface area contributed by atoms with Gasteiger partial charge in [-0.25, -0.2) is 8.42 Å². The van der Waals surface area contributed by atoms with E-state index in [2.05, 4.69) is 36.4 Å². The van der Waals surface area contributed by atoms with Crippen molar-refractivity contribution in [3.05, 3.63) is 114 Å². The molecule has 0 bridgehead atoms. The van der Waals surface area contributed by atoms with Crippen molar-refractivity contribution < 1.29 is 8.42 Å². The lowest BCUT2D eigenvalue weighted by Crippen LogP contribution is -2.29. The van der Waals surface area contributed by atoms with Crippen LogP contribution in [-0.2, 0) is 14.6 Å². The summed E-state index contributed by atoms with van der Waals surface area (Å²) in [5.41, 5.74) is 4.21. The van der Waals surface area contributed by atoms with Gasteiger partial charge in [0.05, 0.1) is 9.64 Å². The zero-order valence-electron chi connectivity index (χ0n) is 18.4. The first-order chi connectivity index (χ1) is 15.3. The largest absolute Gasteiger partial charge is 0.223 e. The molecule has 0 aliphatic carbocycles. The Labute approximate surface area is 195 Å².